The highest BCUT2D eigenvalue weighted by Gasteiger charge is 2.29. The summed E-state index contributed by atoms with van der Waals surface area (Å²) in [6, 6.07) is 3.59. The molecule has 0 amide bonds. The van der Waals surface area contributed by atoms with Gasteiger partial charge in [-0.1, -0.05) is 20.8 Å². The molecule has 1 aliphatic rings. The summed E-state index contributed by atoms with van der Waals surface area (Å²) in [5.74, 6) is 1.47. The molecule has 0 radical (unpaired) electrons. The first kappa shape index (κ1) is 13.4. The zero-order valence-electron chi connectivity index (χ0n) is 10.9. The molecule has 18 heavy (non-hydrogen) atoms. The van der Waals surface area contributed by atoms with Gasteiger partial charge in [-0.15, -0.1) is 0 Å². The molecule has 0 N–H and O–H groups in total. The van der Waals surface area contributed by atoms with Gasteiger partial charge in [-0.25, -0.2) is 0 Å². The van der Waals surface area contributed by atoms with Crippen molar-refractivity contribution in [1.29, 1.82) is 0 Å². The number of carbonyl (C=O) groups is 1. The number of halogens is 1. The number of ketones is 1. The first-order chi connectivity index (χ1) is 8.45. The van der Waals surface area contributed by atoms with Gasteiger partial charge in [0.05, 0.1) is 0 Å². The van der Waals surface area contributed by atoms with Crippen molar-refractivity contribution in [3.63, 3.8) is 0 Å². The molecule has 1 aliphatic heterocycles. The molecule has 0 spiro atoms. The van der Waals surface area contributed by atoms with Crippen molar-refractivity contribution in [3.8, 4) is 11.5 Å². The molecular weight excluding hydrogens is 296 g/mol. The third-order valence-corrected chi connectivity index (χ3v) is 4.03. The van der Waals surface area contributed by atoms with Crippen LogP contribution in [0.2, 0.25) is 0 Å². The van der Waals surface area contributed by atoms with Crippen LogP contribution < -0.4 is 9.47 Å². The smallest absolute Gasteiger partial charge is 0.169 e. The van der Waals surface area contributed by atoms with E-state index in [-0.39, 0.29) is 11.2 Å². The number of carbonyl (C=O) groups excluding carboxylic acids is 1. The van der Waals surface area contributed by atoms with E-state index in [1.54, 1.807) is 6.07 Å². The summed E-state index contributed by atoms with van der Waals surface area (Å²) in [5, 5.41) is 0. The average molecular weight is 313 g/mol. The second-order valence-electron chi connectivity index (χ2n) is 5.04. The fraction of sp³-hybridized carbons (Fsp3) is 0.500. The summed E-state index contributed by atoms with van der Waals surface area (Å²) < 4.78 is 11.8. The zero-order chi connectivity index (χ0) is 13.3. The minimum absolute atomic E-state index is 0.119. The number of rotatable bonds is 3. The molecule has 0 bridgehead atoms. The Bertz CT molecular complexity index is 480. The van der Waals surface area contributed by atoms with E-state index >= 15 is 0 Å². The largest absolute Gasteiger partial charge is 0.486 e. The van der Waals surface area contributed by atoms with Crippen LogP contribution in [-0.4, -0.2) is 19.0 Å². The van der Waals surface area contributed by atoms with Crippen molar-refractivity contribution in [2.24, 2.45) is 5.41 Å². The van der Waals surface area contributed by atoms with Crippen LogP contribution in [0, 0.1) is 5.41 Å². The highest BCUT2D eigenvalue weighted by molar-refractivity contribution is 9.10. The second kappa shape index (κ2) is 4.92. The first-order valence-electron chi connectivity index (χ1n) is 6.09. The highest BCUT2D eigenvalue weighted by Crippen LogP contribution is 2.38. The maximum atomic E-state index is 12.5. The number of fused-ring (bicyclic) bond motifs is 1. The van der Waals surface area contributed by atoms with E-state index in [4.69, 9.17) is 9.47 Å². The van der Waals surface area contributed by atoms with E-state index in [1.807, 2.05) is 26.8 Å². The molecule has 0 aliphatic carbocycles. The number of benzene rings is 1. The molecule has 98 valence electrons. The van der Waals surface area contributed by atoms with Crippen molar-refractivity contribution in [3.05, 3.63) is 22.2 Å². The van der Waals surface area contributed by atoms with E-state index in [0.29, 0.717) is 30.3 Å². The molecule has 3 nitrogen and oxygen atoms in total. The van der Waals surface area contributed by atoms with Crippen LogP contribution in [-0.2, 0) is 0 Å². The minimum Gasteiger partial charge on any atom is -0.486 e. The summed E-state index contributed by atoms with van der Waals surface area (Å²) in [6.07, 6.45) is 0.798. The topological polar surface area (TPSA) is 35.5 Å². The van der Waals surface area contributed by atoms with Crippen molar-refractivity contribution in [2.45, 2.75) is 27.2 Å². The van der Waals surface area contributed by atoms with Crippen LogP contribution in [0.15, 0.2) is 16.6 Å². The maximum absolute atomic E-state index is 12.5. The molecule has 1 heterocycles. The van der Waals surface area contributed by atoms with Crippen molar-refractivity contribution in [2.75, 3.05) is 13.2 Å². The fourth-order valence-corrected chi connectivity index (χ4v) is 2.27. The third-order valence-electron chi connectivity index (χ3n) is 3.38. The van der Waals surface area contributed by atoms with Crippen LogP contribution in [0.4, 0.5) is 0 Å². The first-order valence-corrected chi connectivity index (χ1v) is 6.89. The molecule has 0 unspecified atom stereocenters. The molecule has 1 aromatic rings. The molecular formula is C14H17BrO3. The monoisotopic (exact) mass is 312 g/mol. The Morgan fingerprint density at radius 1 is 1.28 bits per heavy atom. The molecule has 1 aromatic carbocycles. The molecule has 4 heteroatoms. The summed E-state index contributed by atoms with van der Waals surface area (Å²) in [6.45, 7) is 7.01. The average Bonchev–Trinajstić information content (AvgIpc) is 2.37. The van der Waals surface area contributed by atoms with Crippen molar-refractivity contribution in [1.82, 2.24) is 0 Å². The van der Waals surface area contributed by atoms with Crippen molar-refractivity contribution >= 4 is 21.7 Å². The van der Waals surface area contributed by atoms with E-state index in [1.165, 1.54) is 0 Å². The minimum atomic E-state index is -0.369. The van der Waals surface area contributed by atoms with Gasteiger partial charge in [0.25, 0.3) is 0 Å². The van der Waals surface area contributed by atoms with Gasteiger partial charge in [0.15, 0.2) is 17.3 Å². The van der Waals surface area contributed by atoms with E-state index in [2.05, 4.69) is 15.9 Å². The van der Waals surface area contributed by atoms with Gasteiger partial charge in [0, 0.05) is 15.5 Å². The number of hydrogen-bond donors (Lipinski definition) is 0. The quantitative estimate of drug-likeness (QED) is 0.795. The van der Waals surface area contributed by atoms with E-state index in [9.17, 15) is 4.79 Å². The maximum Gasteiger partial charge on any atom is 0.169 e. The Hall–Kier alpha value is -1.03. The van der Waals surface area contributed by atoms with Crippen molar-refractivity contribution < 1.29 is 14.3 Å². The SMILES string of the molecule is CCC(C)(C)C(=O)c1cc2c(cc1Br)OCCO2. The third kappa shape index (κ3) is 2.39. The number of hydrogen-bond acceptors (Lipinski definition) is 3. The Balaban J connectivity index is 2.43. The van der Waals surface area contributed by atoms with Crippen LogP contribution in [0.25, 0.3) is 0 Å². The van der Waals surface area contributed by atoms with Crippen LogP contribution in [0.5, 0.6) is 11.5 Å². The molecule has 0 saturated carbocycles. The lowest BCUT2D eigenvalue weighted by Crippen LogP contribution is -2.24. The summed E-state index contributed by atoms with van der Waals surface area (Å²) in [7, 11) is 0. The summed E-state index contributed by atoms with van der Waals surface area (Å²) in [4.78, 5) is 12.5. The number of ether oxygens (including phenoxy) is 2. The molecule has 2 rings (SSSR count). The predicted octanol–water partition coefficient (Wildman–Crippen LogP) is 3.84. The molecule has 0 aromatic heterocycles. The fourth-order valence-electron chi connectivity index (χ4n) is 1.76. The van der Waals surface area contributed by atoms with Gasteiger partial charge in [-0.05, 0) is 34.5 Å². The van der Waals surface area contributed by atoms with E-state index in [0.717, 1.165) is 10.9 Å². The van der Waals surface area contributed by atoms with Gasteiger partial charge in [-0.2, -0.15) is 0 Å². The predicted molar refractivity (Wildman–Crippen MR) is 73.5 cm³/mol. The Morgan fingerprint density at radius 2 is 1.83 bits per heavy atom. The molecule has 0 saturated heterocycles. The lowest BCUT2D eigenvalue weighted by atomic mass is 9.82. The van der Waals surface area contributed by atoms with E-state index < -0.39 is 0 Å². The zero-order valence-corrected chi connectivity index (χ0v) is 12.5. The van der Waals surface area contributed by atoms with Gasteiger partial charge >= 0.3 is 0 Å². The highest BCUT2D eigenvalue weighted by atomic mass is 79.9. The van der Waals surface area contributed by atoms with Crippen LogP contribution >= 0.6 is 15.9 Å². The molecule has 0 fully saturated rings. The lowest BCUT2D eigenvalue weighted by molar-refractivity contribution is 0.0831. The Kier molecular flexibility index (Phi) is 3.66. The standard InChI is InChI=1S/C14H17BrO3/c1-4-14(2,3)13(16)9-7-11-12(8-10(9)15)18-6-5-17-11/h7-8H,4-6H2,1-3H3. The number of Topliss-reactive ketones (excluding diaryl/α,β-unsaturated/α-hetero) is 1. The van der Waals surface area contributed by atoms with Gasteiger partial charge in [0.2, 0.25) is 0 Å². The second-order valence-corrected chi connectivity index (χ2v) is 5.90. The molecule has 0 atom stereocenters. The summed E-state index contributed by atoms with van der Waals surface area (Å²) in [5.41, 5.74) is 0.290. The normalized spacial score (nSPS) is 14.4. The lowest BCUT2D eigenvalue weighted by Gasteiger charge is -2.24. The van der Waals surface area contributed by atoms with Gasteiger partial charge < -0.3 is 9.47 Å². The Morgan fingerprint density at radius 3 is 2.39 bits per heavy atom. The Labute approximate surface area is 116 Å². The van der Waals surface area contributed by atoms with Gasteiger partial charge in [-0.3, -0.25) is 4.79 Å². The van der Waals surface area contributed by atoms with Gasteiger partial charge in [0.1, 0.15) is 13.2 Å². The summed E-state index contributed by atoms with van der Waals surface area (Å²) >= 11 is 3.44. The van der Waals surface area contributed by atoms with Crippen LogP contribution in [0.3, 0.4) is 0 Å². The van der Waals surface area contributed by atoms with Crippen LogP contribution in [0.1, 0.15) is 37.6 Å².